The lowest BCUT2D eigenvalue weighted by molar-refractivity contribution is -0.137. The molecule has 2 aromatic rings. The topological polar surface area (TPSA) is 85.1 Å². The molecule has 1 heterocycles. The first kappa shape index (κ1) is 16.0. The van der Waals surface area contributed by atoms with Gasteiger partial charge in [0.25, 0.3) is 11.8 Å². The molecule has 0 saturated heterocycles. The SMILES string of the molecule is Cc1nc(C(F)(F)F)sc1C(=O)Nc1ccccc1C(N)=O. The highest BCUT2D eigenvalue weighted by atomic mass is 32.1. The first-order chi connectivity index (χ1) is 10.2. The number of carbonyl (C=O) groups excluding carboxylic acids is 2. The number of para-hydroxylation sites is 1. The van der Waals surface area contributed by atoms with Crippen molar-refractivity contribution in [2.24, 2.45) is 5.73 Å². The molecule has 3 N–H and O–H groups in total. The van der Waals surface area contributed by atoms with Gasteiger partial charge in [-0.3, -0.25) is 9.59 Å². The van der Waals surface area contributed by atoms with Crippen LogP contribution in [0.2, 0.25) is 0 Å². The maximum atomic E-state index is 12.6. The number of hydrogen-bond acceptors (Lipinski definition) is 4. The zero-order chi connectivity index (χ0) is 16.5. The van der Waals surface area contributed by atoms with Crippen LogP contribution < -0.4 is 11.1 Å². The van der Waals surface area contributed by atoms with E-state index in [-0.39, 0.29) is 33.2 Å². The Kier molecular flexibility index (Phi) is 4.18. The highest BCUT2D eigenvalue weighted by Crippen LogP contribution is 2.34. The van der Waals surface area contributed by atoms with Crippen molar-refractivity contribution in [3.63, 3.8) is 0 Å². The smallest absolute Gasteiger partial charge is 0.366 e. The summed E-state index contributed by atoms with van der Waals surface area (Å²) in [5, 5.41) is 1.28. The van der Waals surface area contributed by atoms with Gasteiger partial charge in [-0.25, -0.2) is 4.98 Å². The quantitative estimate of drug-likeness (QED) is 0.908. The summed E-state index contributed by atoms with van der Waals surface area (Å²) >= 11 is 0.244. The van der Waals surface area contributed by atoms with Crippen molar-refractivity contribution < 1.29 is 22.8 Å². The van der Waals surface area contributed by atoms with Gasteiger partial charge in [0.05, 0.1) is 16.9 Å². The molecule has 0 unspecified atom stereocenters. The normalized spacial score (nSPS) is 11.3. The molecule has 0 bridgehead atoms. The molecule has 0 aliphatic carbocycles. The van der Waals surface area contributed by atoms with Gasteiger partial charge in [-0.15, -0.1) is 11.3 Å². The summed E-state index contributed by atoms with van der Waals surface area (Å²) < 4.78 is 37.8. The molecule has 9 heteroatoms. The molecule has 2 rings (SSSR count). The number of rotatable bonds is 3. The lowest BCUT2D eigenvalue weighted by atomic mass is 10.1. The average molecular weight is 329 g/mol. The molecule has 0 radical (unpaired) electrons. The number of primary amides is 1. The molecule has 0 saturated carbocycles. The third-order valence-electron chi connectivity index (χ3n) is 2.69. The average Bonchev–Trinajstić information content (AvgIpc) is 2.81. The van der Waals surface area contributed by atoms with Crippen molar-refractivity contribution >= 4 is 28.8 Å². The number of alkyl halides is 3. The van der Waals surface area contributed by atoms with Crippen LogP contribution in [0.4, 0.5) is 18.9 Å². The molecule has 1 aromatic carbocycles. The Morgan fingerprint density at radius 3 is 2.45 bits per heavy atom. The Morgan fingerprint density at radius 1 is 1.27 bits per heavy atom. The van der Waals surface area contributed by atoms with Crippen molar-refractivity contribution in [3.8, 4) is 0 Å². The lowest BCUT2D eigenvalue weighted by Gasteiger charge is -2.07. The van der Waals surface area contributed by atoms with E-state index < -0.39 is 23.0 Å². The summed E-state index contributed by atoms with van der Waals surface area (Å²) in [7, 11) is 0. The molecular formula is C13H10F3N3O2S. The van der Waals surface area contributed by atoms with E-state index in [1.54, 1.807) is 12.1 Å². The second kappa shape index (κ2) is 5.76. The molecule has 0 aliphatic heterocycles. The van der Waals surface area contributed by atoms with Gasteiger partial charge in [-0.1, -0.05) is 12.1 Å². The molecule has 116 valence electrons. The number of aromatic nitrogens is 1. The fraction of sp³-hybridized carbons (Fsp3) is 0.154. The monoisotopic (exact) mass is 329 g/mol. The van der Waals surface area contributed by atoms with Gasteiger partial charge in [-0.05, 0) is 19.1 Å². The van der Waals surface area contributed by atoms with Crippen LogP contribution in [0, 0.1) is 6.92 Å². The van der Waals surface area contributed by atoms with Crippen molar-refractivity contribution in [1.82, 2.24) is 4.98 Å². The van der Waals surface area contributed by atoms with Crippen molar-refractivity contribution in [1.29, 1.82) is 0 Å². The number of thiazole rings is 1. The Balaban J connectivity index is 2.31. The van der Waals surface area contributed by atoms with Gasteiger partial charge >= 0.3 is 6.18 Å². The lowest BCUT2D eigenvalue weighted by Crippen LogP contribution is -2.18. The van der Waals surface area contributed by atoms with Crippen LogP contribution in [-0.4, -0.2) is 16.8 Å². The second-order valence-corrected chi connectivity index (χ2v) is 5.29. The van der Waals surface area contributed by atoms with E-state index in [0.717, 1.165) is 0 Å². The van der Waals surface area contributed by atoms with Gasteiger partial charge < -0.3 is 11.1 Å². The largest absolute Gasteiger partial charge is 0.443 e. The Bertz CT molecular complexity index is 740. The molecule has 0 fully saturated rings. The van der Waals surface area contributed by atoms with Gasteiger partial charge in [0.1, 0.15) is 4.88 Å². The number of nitrogens with zero attached hydrogens (tertiary/aromatic N) is 1. The highest BCUT2D eigenvalue weighted by molar-refractivity contribution is 7.14. The predicted octanol–water partition coefficient (Wildman–Crippen LogP) is 2.82. The van der Waals surface area contributed by atoms with Crippen LogP contribution in [0.15, 0.2) is 24.3 Å². The fourth-order valence-corrected chi connectivity index (χ4v) is 2.54. The number of aryl methyl sites for hydroxylation is 1. The van der Waals surface area contributed by atoms with Crippen LogP contribution in [-0.2, 0) is 6.18 Å². The van der Waals surface area contributed by atoms with Gasteiger partial charge in [-0.2, -0.15) is 13.2 Å². The van der Waals surface area contributed by atoms with Crippen LogP contribution >= 0.6 is 11.3 Å². The van der Waals surface area contributed by atoms with E-state index in [2.05, 4.69) is 10.3 Å². The number of halogens is 3. The van der Waals surface area contributed by atoms with E-state index >= 15 is 0 Å². The van der Waals surface area contributed by atoms with Gasteiger partial charge in [0.2, 0.25) is 0 Å². The molecule has 5 nitrogen and oxygen atoms in total. The maximum absolute atomic E-state index is 12.6. The summed E-state index contributed by atoms with van der Waals surface area (Å²) in [5.41, 5.74) is 5.33. The van der Waals surface area contributed by atoms with Crippen molar-refractivity contribution in [2.75, 3.05) is 5.32 Å². The number of anilines is 1. The zero-order valence-electron chi connectivity index (χ0n) is 11.2. The Morgan fingerprint density at radius 2 is 1.91 bits per heavy atom. The number of carbonyl (C=O) groups is 2. The zero-order valence-corrected chi connectivity index (χ0v) is 12.0. The Hall–Kier alpha value is -2.42. The van der Waals surface area contributed by atoms with E-state index in [0.29, 0.717) is 0 Å². The fourth-order valence-electron chi connectivity index (χ4n) is 1.71. The minimum absolute atomic E-state index is 0.0358. The molecule has 0 aliphatic rings. The van der Waals surface area contributed by atoms with E-state index in [4.69, 9.17) is 5.73 Å². The maximum Gasteiger partial charge on any atom is 0.443 e. The third-order valence-corrected chi connectivity index (χ3v) is 3.89. The number of hydrogen-bond donors (Lipinski definition) is 2. The molecule has 2 amide bonds. The second-order valence-electron chi connectivity index (χ2n) is 4.30. The predicted molar refractivity (Wildman–Crippen MR) is 74.8 cm³/mol. The third kappa shape index (κ3) is 3.25. The summed E-state index contributed by atoms with van der Waals surface area (Å²) in [6.07, 6.45) is -4.61. The minimum atomic E-state index is -4.61. The van der Waals surface area contributed by atoms with Crippen molar-refractivity contribution in [2.45, 2.75) is 13.1 Å². The first-order valence-electron chi connectivity index (χ1n) is 5.95. The van der Waals surface area contributed by atoms with Crippen LogP contribution in [0.25, 0.3) is 0 Å². The summed E-state index contributed by atoms with van der Waals surface area (Å²) in [4.78, 5) is 26.5. The highest BCUT2D eigenvalue weighted by Gasteiger charge is 2.36. The van der Waals surface area contributed by atoms with Gasteiger partial charge in [0.15, 0.2) is 5.01 Å². The van der Waals surface area contributed by atoms with Crippen LogP contribution in [0.1, 0.15) is 30.7 Å². The number of nitrogens with two attached hydrogens (primary N) is 1. The summed E-state index contributed by atoms with van der Waals surface area (Å²) in [5.74, 6) is -1.54. The number of nitrogens with one attached hydrogen (secondary N) is 1. The van der Waals surface area contributed by atoms with Crippen molar-refractivity contribution in [3.05, 3.63) is 45.4 Å². The summed E-state index contributed by atoms with van der Waals surface area (Å²) in [6, 6.07) is 5.94. The van der Waals surface area contributed by atoms with Gasteiger partial charge in [0, 0.05) is 0 Å². The van der Waals surface area contributed by atoms with E-state index in [1.807, 2.05) is 0 Å². The molecular weight excluding hydrogens is 319 g/mol. The molecule has 1 aromatic heterocycles. The van der Waals surface area contributed by atoms with Crippen LogP contribution in [0.3, 0.4) is 0 Å². The first-order valence-corrected chi connectivity index (χ1v) is 6.76. The standard InChI is InChI=1S/C13H10F3N3O2S/c1-6-9(22-12(18-6)13(14,15)16)11(21)19-8-5-3-2-4-7(8)10(17)20/h2-5H,1H3,(H2,17,20)(H,19,21). The number of amides is 2. The minimum Gasteiger partial charge on any atom is -0.366 e. The van der Waals surface area contributed by atoms with E-state index in [1.165, 1.54) is 19.1 Å². The molecule has 22 heavy (non-hydrogen) atoms. The molecule has 0 spiro atoms. The summed E-state index contributed by atoms with van der Waals surface area (Å²) in [6.45, 7) is 1.31. The number of benzene rings is 1. The van der Waals surface area contributed by atoms with Crippen LogP contribution in [0.5, 0.6) is 0 Å². The van der Waals surface area contributed by atoms with E-state index in [9.17, 15) is 22.8 Å². The Labute approximate surface area is 127 Å². The molecule has 0 atom stereocenters.